The van der Waals surface area contributed by atoms with Gasteiger partial charge in [-0.1, -0.05) is 11.6 Å². The Labute approximate surface area is 160 Å². The third kappa shape index (κ3) is 3.49. The van der Waals surface area contributed by atoms with E-state index in [1.165, 1.54) is 12.1 Å². The van der Waals surface area contributed by atoms with Gasteiger partial charge in [-0.25, -0.2) is 9.37 Å². The Morgan fingerprint density at radius 2 is 1.96 bits per heavy atom. The third-order valence-electron chi connectivity index (χ3n) is 5.09. The van der Waals surface area contributed by atoms with Gasteiger partial charge in [0.25, 0.3) is 5.91 Å². The summed E-state index contributed by atoms with van der Waals surface area (Å²) in [6.07, 6.45) is 1.39. The lowest BCUT2D eigenvalue weighted by Crippen LogP contribution is -2.51. The number of hydrogen-bond acceptors (Lipinski definition) is 4. The Kier molecular flexibility index (Phi) is 4.97. The first-order chi connectivity index (χ1) is 13.0. The number of benzene rings is 1. The zero-order valence-corrected chi connectivity index (χ0v) is 15.4. The summed E-state index contributed by atoms with van der Waals surface area (Å²) in [6.45, 7) is 2.62. The minimum atomic E-state index is -0.490. The number of halogens is 2. The molecule has 0 spiro atoms. The van der Waals surface area contributed by atoms with Crippen LogP contribution in [0.3, 0.4) is 0 Å². The van der Waals surface area contributed by atoms with Gasteiger partial charge in [0.1, 0.15) is 17.0 Å². The number of likely N-dealkylation sites (tertiary alicyclic amines) is 1. The molecule has 2 aliphatic heterocycles. The molecular weight excluding hydrogens is 373 g/mol. The molecule has 2 amide bonds. The maximum atomic E-state index is 13.4. The van der Waals surface area contributed by atoms with Crippen molar-refractivity contribution in [2.24, 2.45) is 0 Å². The van der Waals surface area contributed by atoms with E-state index in [0.29, 0.717) is 50.2 Å². The van der Waals surface area contributed by atoms with Gasteiger partial charge in [-0.15, -0.1) is 0 Å². The summed E-state index contributed by atoms with van der Waals surface area (Å²) < 4.78 is 18.7. The van der Waals surface area contributed by atoms with E-state index >= 15 is 0 Å². The molecular formula is C19H19ClFN3O3. The van der Waals surface area contributed by atoms with Gasteiger partial charge in [0.2, 0.25) is 5.91 Å². The van der Waals surface area contributed by atoms with Gasteiger partial charge in [-0.05, 0) is 31.0 Å². The Balaban J connectivity index is 1.61. The van der Waals surface area contributed by atoms with E-state index < -0.39 is 11.9 Å². The van der Waals surface area contributed by atoms with Gasteiger partial charge in [-0.3, -0.25) is 9.59 Å². The fourth-order valence-corrected chi connectivity index (χ4v) is 3.91. The molecule has 1 aromatic carbocycles. The topological polar surface area (TPSA) is 62.7 Å². The molecule has 3 heterocycles. The van der Waals surface area contributed by atoms with E-state index in [1.807, 2.05) is 0 Å². The van der Waals surface area contributed by atoms with Crippen LogP contribution in [0.1, 0.15) is 23.2 Å². The number of aromatic nitrogens is 1. The molecule has 0 unspecified atom stereocenters. The summed E-state index contributed by atoms with van der Waals surface area (Å²) in [5.41, 5.74) is 0.622. The third-order valence-corrected chi connectivity index (χ3v) is 5.37. The Bertz CT molecular complexity index is 901. The van der Waals surface area contributed by atoms with Gasteiger partial charge in [-0.2, -0.15) is 0 Å². The molecule has 2 aliphatic rings. The van der Waals surface area contributed by atoms with Crippen LogP contribution in [0, 0.1) is 5.82 Å². The Morgan fingerprint density at radius 1 is 1.19 bits per heavy atom. The SMILES string of the molecule is O=C([C@@H]1CCCN1C(=O)c1cc2ccc(F)cc2nc1Cl)N1CCOCC1. The first-order valence-corrected chi connectivity index (χ1v) is 9.36. The van der Waals surface area contributed by atoms with Crippen molar-refractivity contribution in [3.63, 3.8) is 0 Å². The van der Waals surface area contributed by atoms with Crippen molar-refractivity contribution in [1.82, 2.24) is 14.8 Å². The van der Waals surface area contributed by atoms with E-state index in [1.54, 1.807) is 21.9 Å². The van der Waals surface area contributed by atoms with Crippen molar-refractivity contribution in [1.29, 1.82) is 0 Å². The second-order valence-corrected chi connectivity index (χ2v) is 7.12. The second-order valence-electron chi connectivity index (χ2n) is 6.76. The van der Waals surface area contributed by atoms with Gasteiger partial charge in [0, 0.05) is 31.1 Å². The number of hydrogen-bond donors (Lipinski definition) is 0. The summed E-state index contributed by atoms with van der Waals surface area (Å²) in [5, 5.41) is 0.641. The van der Waals surface area contributed by atoms with E-state index in [-0.39, 0.29) is 22.5 Å². The number of carbonyl (C=O) groups is 2. The molecule has 4 rings (SSSR count). The fourth-order valence-electron chi connectivity index (χ4n) is 3.68. The predicted molar refractivity (Wildman–Crippen MR) is 98.2 cm³/mol. The molecule has 2 fully saturated rings. The highest BCUT2D eigenvalue weighted by molar-refractivity contribution is 6.33. The molecule has 8 heteroatoms. The number of pyridine rings is 1. The summed E-state index contributed by atoms with van der Waals surface area (Å²) in [7, 11) is 0. The zero-order chi connectivity index (χ0) is 19.0. The highest BCUT2D eigenvalue weighted by Crippen LogP contribution is 2.27. The molecule has 1 atom stereocenters. The molecule has 6 nitrogen and oxygen atoms in total. The number of morpholine rings is 1. The molecule has 1 aromatic heterocycles. The molecule has 0 bridgehead atoms. The molecule has 2 aromatic rings. The quantitative estimate of drug-likeness (QED) is 0.738. The number of nitrogens with zero attached hydrogens (tertiary/aromatic N) is 3. The van der Waals surface area contributed by atoms with Crippen molar-refractivity contribution >= 4 is 34.3 Å². The number of amides is 2. The first kappa shape index (κ1) is 18.1. The molecule has 0 aliphatic carbocycles. The van der Waals surface area contributed by atoms with Gasteiger partial charge in [0.15, 0.2) is 0 Å². The highest BCUT2D eigenvalue weighted by atomic mass is 35.5. The van der Waals surface area contributed by atoms with Gasteiger partial charge < -0.3 is 14.5 Å². The van der Waals surface area contributed by atoms with E-state index in [9.17, 15) is 14.0 Å². The van der Waals surface area contributed by atoms with E-state index in [0.717, 1.165) is 6.42 Å². The Hall–Kier alpha value is -2.25. The normalized spacial score (nSPS) is 20.3. The summed E-state index contributed by atoms with van der Waals surface area (Å²) >= 11 is 6.21. The van der Waals surface area contributed by atoms with Crippen LogP contribution in [0.5, 0.6) is 0 Å². The average Bonchev–Trinajstić information content (AvgIpc) is 3.16. The van der Waals surface area contributed by atoms with Crippen LogP contribution in [0.4, 0.5) is 4.39 Å². The van der Waals surface area contributed by atoms with Gasteiger partial charge in [0.05, 0.1) is 24.3 Å². The summed E-state index contributed by atoms with van der Waals surface area (Å²) in [5.74, 6) is -0.778. The minimum absolute atomic E-state index is 0.0163. The van der Waals surface area contributed by atoms with Crippen LogP contribution < -0.4 is 0 Å². The molecule has 27 heavy (non-hydrogen) atoms. The molecule has 0 radical (unpaired) electrons. The largest absolute Gasteiger partial charge is 0.378 e. The summed E-state index contributed by atoms with van der Waals surface area (Å²) in [4.78, 5) is 33.5. The fraction of sp³-hybridized carbons (Fsp3) is 0.421. The lowest BCUT2D eigenvalue weighted by atomic mass is 10.1. The van der Waals surface area contributed by atoms with Crippen molar-refractivity contribution < 1.29 is 18.7 Å². The maximum absolute atomic E-state index is 13.4. The van der Waals surface area contributed by atoms with Crippen LogP contribution >= 0.6 is 11.6 Å². The molecule has 142 valence electrons. The zero-order valence-electron chi connectivity index (χ0n) is 14.7. The van der Waals surface area contributed by atoms with Crippen LogP contribution in [-0.4, -0.2) is 65.5 Å². The number of ether oxygens (including phenoxy) is 1. The minimum Gasteiger partial charge on any atom is -0.378 e. The molecule has 2 saturated heterocycles. The monoisotopic (exact) mass is 391 g/mol. The smallest absolute Gasteiger partial charge is 0.257 e. The summed E-state index contributed by atoms with van der Waals surface area (Å²) in [6, 6.07) is 5.27. The molecule has 0 N–H and O–H groups in total. The number of rotatable bonds is 2. The van der Waals surface area contributed by atoms with Crippen LogP contribution in [0.25, 0.3) is 10.9 Å². The van der Waals surface area contributed by atoms with Crippen molar-refractivity contribution in [2.75, 3.05) is 32.8 Å². The molecule has 0 saturated carbocycles. The van der Waals surface area contributed by atoms with Crippen LogP contribution in [-0.2, 0) is 9.53 Å². The second kappa shape index (κ2) is 7.40. The van der Waals surface area contributed by atoms with Crippen LogP contribution in [0.15, 0.2) is 24.3 Å². The van der Waals surface area contributed by atoms with Gasteiger partial charge >= 0.3 is 0 Å². The maximum Gasteiger partial charge on any atom is 0.257 e. The standard InChI is InChI=1S/C19H19ClFN3O3/c20-17-14(10-12-3-4-13(21)11-15(12)22-17)18(25)24-5-1-2-16(24)19(26)23-6-8-27-9-7-23/h3-4,10-11,16H,1-2,5-9H2/t16-/m0/s1. The first-order valence-electron chi connectivity index (χ1n) is 8.98. The lowest BCUT2D eigenvalue weighted by molar-refractivity contribution is -0.139. The Morgan fingerprint density at radius 3 is 2.74 bits per heavy atom. The number of carbonyl (C=O) groups excluding carboxylic acids is 2. The van der Waals surface area contributed by atoms with Crippen molar-refractivity contribution in [3.05, 3.63) is 40.8 Å². The average molecular weight is 392 g/mol. The highest BCUT2D eigenvalue weighted by Gasteiger charge is 2.38. The predicted octanol–water partition coefficient (Wildman–Crippen LogP) is 2.49. The lowest BCUT2D eigenvalue weighted by Gasteiger charge is -2.32. The van der Waals surface area contributed by atoms with Crippen LogP contribution in [0.2, 0.25) is 5.15 Å². The van der Waals surface area contributed by atoms with Crippen molar-refractivity contribution in [3.8, 4) is 0 Å². The number of fused-ring (bicyclic) bond motifs is 1. The van der Waals surface area contributed by atoms with E-state index in [2.05, 4.69) is 4.98 Å². The van der Waals surface area contributed by atoms with Crippen molar-refractivity contribution in [2.45, 2.75) is 18.9 Å². The van der Waals surface area contributed by atoms with E-state index in [4.69, 9.17) is 16.3 Å².